The van der Waals surface area contributed by atoms with Crippen molar-refractivity contribution in [1.82, 2.24) is 4.90 Å². The molecule has 0 aromatic heterocycles. The number of esters is 1. The van der Waals surface area contributed by atoms with Crippen molar-refractivity contribution >= 4 is 5.97 Å². The highest BCUT2D eigenvalue weighted by molar-refractivity contribution is 5.90. The first-order valence-corrected chi connectivity index (χ1v) is 6.71. The first-order valence-electron chi connectivity index (χ1n) is 6.71. The van der Waals surface area contributed by atoms with E-state index in [2.05, 4.69) is 11.9 Å². The molecule has 5 heteroatoms. The third-order valence-corrected chi connectivity index (χ3v) is 3.55. The van der Waals surface area contributed by atoms with Crippen molar-refractivity contribution in [3.8, 4) is 11.5 Å². The normalized spacial score (nSPS) is 18.9. The van der Waals surface area contributed by atoms with Gasteiger partial charge in [0.15, 0.2) is 11.5 Å². The lowest BCUT2D eigenvalue weighted by Crippen LogP contribution is -2.18. The maximum Gasteiger partial charge on any atom is 0.337 e. The molecule has 1 unspecified atom stereocenters. The minimum absolute atomic E-state index is 0.377. The summed E-state index contributed by atoms with van der Waals surface area (Å²) in [6.07, 6.45) is 1.13. The molecule has 0 N–H and O–H groups in total. The quantitative estimate of drug-likeness (QED) is 0.769. The highest BCUT2D eigenvalue weighted by Gasteiger charge is 2.21. The van der Waals surface area contributed by atoms with Gasteiger partial charge in [0.05, 0.1) is 26.4 Å². The zero-order chi connectivity index (χ0) is 14.5. The Morgan fingerprint density at radius 1 is 1.35 bits per heavy atom. The highest BCUT2D eigenvalue weighted by atomic mass is 16.5. The van der Waals surface area contributed by atoms with Gasteiger partial charge < -0.3 is 19.1 Å². The van der Waals surface area contributed by atoms with Crippen LogP contribution in [-0.4, -0.2) is 51.8 Å². The molecule has 1 aliphatic rings. The van der Waals surface area contributed by atoms with Gasteiger partial charge in [-0.05, 0) is 38.2 Å². The van der Waals surface area contributed by atoms with Crippen molar-refractivity contribution < 1.29 is 19.0 Å². The van der Waals surface area contributed by atoms with E-state index in [0.29, 0.717) is 29.6 Å². The van der Waals surface area contributed by atoms with Gasteiger partial charge in [0.1, 0.15) is 0 Å². The minimum atomic E-state index is -0.377. The molecule has 1 fully saturated rings. The molecule has 20 heavy (non-hydrogen) atoms. The standard InChI is InChI=1S/C15H21NO4/c1-16-7-6-11(9-16)10-20-14-8-12(15(17)19-3)4-5-13(14)18-2/h4-5,8,11H,6-7,9-10H2,1-3H3. The largest absolute Gasteiger partial charge is 0.493 e. The summed E-state index contributed by atoms with van der Waals surface area (Å²) in [7, 11) is 5.06. The van der Waals surface area contributed by atoms with Crippen LogP contribution in [0.1, 0.15) is 16.8 Å². The SMILES string of the molecule is COC(=O)c1ccc(OC)c(OCC2CCN(C)C2)c1. The van der Waals surface area contributed by atoms with E-state index in [9.17, 15) is 4.79 Å². The molecule has 0 bridgehead atoms. The molecule has 1 aromatic carbocycles. The molecule has 0 saturated carbocycles. The van der Waals surface area contributed by atoms with E-state index in [1.54, 1.807) is 25.3 Å². The highest BCUT2D eigenvalue weighted by Crippen LogP contribution is 2.29. The summed E-state index contributed by atoms with van der Waals surface area (Å²) in [4.78, 5) is 13.8. The number of ether oxygens (including phenoxy) is 3. The molecule has 110 valence electrons. The first kappa shape index (κ1) is 14.7. The van der Waals surface area contributed by atoms with Gasteiger partial charge in [-0.1, -0.05) is 0 Å². The van der Waals surface area contributed by atoms with Crippen LogP contribution in [0.4, 0.5) is 0 Å². The summed E-state index contributed by atoms with van der Waals surface area (Å²) >= 11 is 0. The Kier molecular flexibility index (Phi) is 4.84. The monoisotopic (exact) mass is 279 g/mol. The fourth-order valence-corrected chi connectivity index (χ4v) is 2.40. The van der Waals surface area contributed by atoms with Crippen molar-refractivity contribution in [1.29, 1.82) is 0 Å². The number of rotatable bonds is 5. The Balaban J connectivity index is 2.06. The number of likely N-dealkylation sites (tertiary alicyclic amines) is 1. The van der Waals surface area contributed by atoms with Crippen molar-refractivity contribution in [2.24, 2.45) is 5.92 Å². The third-order valence-electron chi connectivity index (χ3n) is 3.55. The number of hydrogen-bond donors (Lipinski definition) is 0. The van der Waals surface area contributed by atoms with Crippen molar-refractivity contribution in [3.05, 3.63) is 23.8 Å². The Bertz CT molecular complexity index is 475. The van der Waals surface area contributed by atoms with Crippen LogP contribution in [0.2, 0.25) is 0 Å². The van der Waals surface area contributed by atoms with Crippen molar-refractivity contribution in [3.63, 3.8) is 0 Å². The van der Waals surface area contributed by atoms with Crippen LogP contribution in [0.25, 0.3) is 0 Å². The second-order valence-corrected chi connectivity index (χ2v) is 5.09. The molecule has 1 aromatic rings. The lowest BCUT2D eigenvalue weighted by molar-refractivity contribution is 0.0600. The van der Waals surface area contributed by atoms with E-state index < -0.39 is 0 Å². The molecule has 5 nitrogen and oxygen atoms in total. The van der Waals surface area contributed by atoms with Crippen LogP contribution < -0.4 is 9.47 Å². The summed E-state index contributed by atoms with van der Waals surface area (Å²) < 4.78 is 15.8. The van der Waals surface area contributed by atoms with E-state index in [1.165, 1.54) is 7.11 Å². The summed E-state index contributed by atoms with van der Waals surface area (Å²) in [6.45, 7) is 2.78. The summed E-state index contributed by atoms with van der Waals surface area (Å²) in [5.74, 6) is 1.36. The first-order chi connectivity index (χ1) is 9.63. The molecule has 1 aliphatic heterocycles. The lowest BCUT2D eigenvalue weighted by atomic mass is 10.1. The van der Waals surface area contributed by atoms with Gasteiger partial charge in [0.2, 0.25) is 0 Å². The van der Waals surface area contributed by atoms with E-state index >= 15 is 0 Å². The van der Waals surface area contributed by atoms with Crippen LogP contribution in [0.15, 0.2) is 18.2 Å². The zero-order valence-corrected chi connectivity index (χ0v) is 12.2. The average Bonchev–Trinajstić information content (AvgIpc) is 2.89. The van der Waals surface area contributed by atoms with Gasteiger partial charge in [0.25, 0.3) is 0 Å². The van der Waals surface area contributed by atoms with Gasteiger partial charge >= 0.3 is 5.97 Å². The molecule has 0 aliphatic carbocycles. The Labute approximate surface area is 119 Å². The Morgan fingerprint density at radius 3 is 2.75 bits per heavy atom. The van der Waals surface area contributed by atoms with Crippen molar-refractivity contribution in [2.75, 3.05) is 41.0 Å². The molecule has 1 saturated heterocycles. The maximum atomic E-state index is 11.5. The summed E-state index contributed by atoms with van der Waals surface area (Å²) in [6, 6.07) is 5.06. The number of carbonyl (C=O) groups excluding carboxylic acids is 1. The number of hydrogen-bond acceptors (Lipinski definition) is 5. The number of nitrogens with zero attached hydrogens (tertiary/aromatic N) is 1. The topological polar surface area (TPSA) is 48.0 Å². The van der Waals surface area contributed by atoms with Crippen molar-refractivity contribution in [2.45, 2.75) is 6.42 Å². The van der Waals surface area contributed by atoms with Gasteiger partial charge in [-0.15, -0.1) is 0 Å². The summed E-state index contributed by atoms with van der Waals surface area (Å²) in [5, 5.41) is 0. The molecule has 0 radical (unpaired) electrons. The van der Waals surface area contributed by atoms with E-state index in [0.717, 1.165) is 19.5 Å². The molecule has 1 atom stereocenters. The molecule has 1 heterocycles. The summed E-state index contributed by atoms with van der Waals surface area (Å²) in [5.41, 5.74) is 0.465. The van der Waals surface area contributed by atoms with Gasteiger partial charge in [-0.2, -0.15) is 0 Å². The Morgan fingerprint density at radius 2 is 2.15 bits per heavy atom. The fraction of sp³-hybridized carbons (Fsp3) is 0.533. The number of carbonyl (C=O) groups is 1. The fourth-order valence-electron chi connectivity index (χ4n) is 2.40. The van der Waals surface area contributed by atoms with Gasteiger partial charge in [0, 0.05) is 12.5 Å². The van der Waals surface area contributed by atoms with Crippen LogP contribution in [-0.2, 0) is 4.74 Å². The van der Waals surface area contributed by atoms with Crippen LogP contribution >= 0.6 is 0 Å². The van der Waals surface area contributed by atoms with Gasteiger partial charge in [-0.3, -0.25) is 0 Å². The van der Waals surface area contributed by atoms with Gasteiger partial charge in [-0.25, -0.2) is 4.79 Å². The minimum Gasteiger partial charge on any atom is -0.493 e. The molecule has 0 spiro atoms. The zero-order valence-electron chi connectivity index (χ0n) is 12.2. The number of methoxy groups -OCH3 is 2. The van der Waals surface area contributed by atoms with E-state index in [1.807, 2.05) is 0 Å². The Hall–Kier alpha value is -1.75. The molecule has 0 amide bonds. The molecular weight excluding hydrogens is 258 g/mol. The molecule has 2 rings (SSSR count). The smallest absolute Gasteiger partial charge is 0.337 e. The van der Waals surface area contributed by atoms with E-state index in [-0.39, 0.29) is 5.97 Å². The second kappa shape index (κ2) is 6.61. The lowest BCUT2D eigenvalue weighted by Gasteiger charge is -2.15. The van der Waals surface area contributed by atoms with Crippen LogP contribution in [0.5, 0.6) is 11.5 Å². The third kappa shape index (κ3) is 3.42. The average molecular weight is 279 g/mol. The second-order valence-electron chi connectivity index (χ2n) is 5.09. The number of benzene rings is 1. The van der Waals surface area contributed by atoms with Crippen LogP contribution in [0, 0.1) is 5.92 Å². The van der Waals surface area contributed by atoms with Crippen LogP contribution in [0.3, 0.4) is 0 Å². The predicted octanol–water partition coefficient (Wildman–Crippen LogP) is 1.81. The molecular formula is C15H21NO4. The maximum absolute atomic E-state index is 11.5. The predicted molar refractivity (Wildman–Crippen MR) is 75.4 cm³/mol. The van der Waals surface area contributed by atoms with E-state index in [4.69, 9.17) is 14.2 Å².